The van der Waals surface area contributed by atoms with E-state index in [0.29, 0.717) is 29.6 Å². The van der Waals surface area contributed by atoms with Crippen molar-refractivity contribution in [3.63, 3.8) is 0 Å². The van der Waals surface area contributed by atoms with Crippen LogP contribution in [0.1, 0.15) is 33.1 Å². The highest BCUT2D eigenvalue weighted by atomic mass is 35.5. The first-order valence-electron chi connectivity index (χ1n) is 7.50. The van der Waals surface area contributed by atoms with Crippen LogP contribution in [0, 0.1) is 5.41 Å². The fourth-order valence-electron chi connectivity index (χ4n) is 2.44. The molecule has 116 valence electrons. The number of nitrogens with one attached hydrogen (secondary N) is 2. The standard InChI is InChI=1S/C16H23ClN2O2/c1-3-9-21-14-6-5-12(10-13(14)17)19-15(20)16(2)7-4-8-18-11-16/h5-6,10,18H,3-4,7-9,11H2,1-2H3,(H,19,20). The van der Waals surface area contributed by atoms with Crippen molar-refractivity contribution in [3.05, 3.63) is 23.2 Å². The fraction of sp³-hybridized carbons (Fsp3) is 0.562. The molecule has 21 heavy (non-hydrogen) atoms. The Balaban J connectivity index is 2.02. The van der Waals surface area contributed by atoms with Gasteiger partial charge in [0.15, 0.2) is 0 Å². The summed E-state index contributed by atoms with van der Waals surface area (Å²) in [5.74, 6) is 0.690. The van der Waals surface area contributed by atoms with Crippen LogP contribution in [0.2, 0.25) is 5.02 Å². The number of hydrogen-bond donors (Lipinski definition) is 2. The third-order valence-corrected chi connectivity index (χ3v) is 4.09. The Morgan fingerprint density at radius 3 is 2.95 bits per heavy atom. The summed E-state index contributed by atoms with van der Waals surface area (Å²) in [5, 5.41) is 6.76. The lowest BCUT2D eigenvalue weighted by atomic mass is 9.82. The van der Waals surface area contributed by atoms with Gasteiger partial charge in [-0.05, 0) is 50.9 Å². The predicted octanol–water partition coefficient (Wildman–Crippen LogP) is 3.46. The zero-order valence-electron chi connectivity index (χ0n) is 12.7. The number of amides is 1. The third-order valence-electron chi connectivity index (χ3n) is 3.80. The van der Waals surface area contributed by atoms with Gasteiger partial charge < -0.3 is 15.4 Å². The number of anilines is 1. The van der Waals surface area contributed by atoms with E-state index in [1.165, 1.54) is 0 Å². The van der Waals surface area contributed by atoms with E-state index in [-0.39, 0.29) is 11.3 Å². The van der Waals surface area contributed by atoms with Gasteiger partial charge in [-0.15, -0.1) is 0 Å². The average molecular weight is 311 g/mol. The minimum atomic E-state index is -0.359. The van der Waals surface area contributed by atoms with Gasteiger partial charge in [0.2, 0.25) is 5.91 Å². The lowest BCUT2D eigenvalue weighted by Gasteiger charge is -2.32. The normalized spacial score (nSPS) is 21.9. The molecular formula is C16H23ClN2O2. The first-order valence-corrected chi connectivity index (χ1v) is 7.87. The summed E-state index contributed by atoms with van der Waals surface area (Å²) >= 11 is 6.18. The second-order valence-electron chi connectivity index (χ2n) is 5.79. The zero-order valence-corrected chi connectivity index (χ0v) is 13.4. The van der Waals surface area contributed by atoms with E-state index >= 15 is 0 Å². The summed E-state index contributed by atoms with van der Waals surface area (Å²) in [6.45, 7) is 6.37. The van der Waals surface area contributed by atoms with Crippen molar-refractivity contribution >= 4 is 23.2 Å². The lowest BCUT2D eigenvalue weighted by Crippen LogP contribution is -2.46. The van der Waals surface area contributed by atoms with Gasteiger partial charge >= 0.3 is 0 Å². The van der Waals surface area contributed by atoms with Gasteiger partial charge in [0.05, 0.1) is 17.0 Å². The fourth-order valence-corrected chi connectivity index (χ4v) is 2.67. The minimum Gasteiger partial charge on any atom is -0.492 e. The third kappa shape index (κ3) is 4.11. The highest BCUT2D eigenvalue weighted by Gasteiger charge is 2.34. The summed E-state index contributed by atoms with van der Waals surface area (Å²) in [7, 11) is 0. The molecule has 1 atom stereocenters. The SMILES string of the molecule is CCCOc1ccc(NC(=O)C2(C)CCCNC2)cc1Cl. The molecule has 1 saturated heterocycles. The first kappa shape index (κ1) is 16.1. The van der Waals surface area contributed by atoms with E-state index < -0.39 is 0 Å². The van der Waals surface area contributed by atoms with Crippen LogP contribution in [-0.2, 0) is 4.79 Å². The van der Waals surface area contributed by atoms with Gasteiger partial charge in [-0.25, -0.2) is 0 Å². The average Bonchev–Trinajstić information content (AvgIpc) is 2.47. The molecular weight excluding hydrogens is 288 g/mol. The Bertz CT molecular complexity index is 499. The summed E-state index contributed by atoms with van der Waals surface area (Å²) in [4.78, 5) is 12.4. The maximum atomic E-state index is 12.4. The Labute approximate surface area is 131 Å². The van der Waals surface area contributed by atoms with Crippen molar-refractivity contribution < 1.29 is 9.53 Å². The molecule has 0 aliphatic carbocycles. The summed E-state index contributed by atoms with van der Waals surface area (Å²) in [6.07, 6.45) is 2.85. The van der Waals surface area contributed by atoms with Crippen molar-refractivity contribution in [1.82, 2.24) is 5.32 Å². The topological polar surface area (TPSA) is 50.4 Å². The van der Waals surface area contributed by atoms with Crippen molar-refractivity contribution in [2.45, 2.75) is 33.1 Å². The number of halogens is 1. The molecule has 2 rings (SSSR count). The summed E-state index contributed by atoms with van der Waals surface area (Å²) < 4.78 is 5.53. The molecule has 2 N–H and O–H groups in total. The predicted molar refractivity (Wildman–Crippen MR) is 86.1 cm³/mol. The molecule has 5 heteroatoms. The van der Waals surface area contributed by atoms with E-state index in [1.54, 1.807) is 12.1 Å². The maximum absolute atomic E-state index is 12.4. The monoisotopic (exact) mass is 310 g/mol. The molecule has 0 radical (unpaired) electrons. The van der Waals surface area contributed by atoms with Crippen LogP contribution in [-0.4, -0.2) is 25.6 Å². The molecule has 1 heterocycles. The molecule has 1 unspecified atom stereocenters. The van der Waals surface area contributed by atoms with Crippen LogP contribution < -0.4 is 15.4 Å². The van der Waals surface area contributed by atoms with Gasteiger partial charge in [0.25, 0.3) is 0 Å². The Kier molecular flexibility index (Phi) is 5.48. The highest BCUT2D eigenvalue weighted by molar-refractivity contribution is 6.32. The van der Waals surface area contributed by atoms with Crippen LogP contribution in [0.15, 0.2) is 18.2 Å². The Morgan fingerprint density at radius 2 is 2.33 bits per heavy atom. The van der Waals surface area contributed by atoms with Gasteiger partial charge in [-0.2, -0.15) is 0 Å². The largest absolute Gasteiger partial charge is 0.492 e. The van der Waals surface area contributed by atoms with Gasteiger partial charge in [0.1, 0.15) is 5.75 Å². The van der Waals surface area contributed by atoms with E-state index in [9.17, 15) is 4.79 Å². The molecule has 4 nitrogen and oxygen atoms in total. The van der Waals surface area contributed by atoms with E-state index in [1.807, 2.05) is 19.9 Å². The van der Waals surface area contributed by atoms with Gasteiger partial charge in [-0.1, -0.05) is 18.5 Å². The smallest absolute Gasteiger partial charge is 0.231 e. The number of carbonyl (C=O) groups is 1. The highest BCUT2D eigenvalue weighted by Crippen LogP contribution is 2.30. The van der Waals surface area contributed by atoms with E-state index in [4.69, 9.17) is 16.3 Å². The summed E-state index contributed by atoms with van der Waals surface area (Å²) in [5.41, 5.74) is 0.350. The number of benzene rings is 1. The molecule has 0 saturated carbocycles. The number of ether oxygens (including phenoxy) is 1. The summed E-state index contributed by atoms with van der Waals surface area (Å²) in [6, 6.07) is 5.37. The Hall–Kier alpha value is -1.26. The van der Waals surface area contributed by atoms with Crippen LogP contribution in [0.4, 0.5) is 5.69 Å². The van der Waals surface area contributed by atoms with Crippen LogP contribution in [0.5, 0.6) is 5.75 Å². The first-order chi connectivity index (χ1) is 10.0. The number of hydrogen-bond acceptors (Lipinski definition) is 3. The van der Waals surface area contributed by atoms with Gasteiger partial charge in [0, 0.05) is 12.2 Å². The second kappa shape index (κ2) is 7.14. The number of piperidine rings is 1. The Morgan fingerprint density at radius 1 is 1.52 bits per heavy atom. The second-order valence-corrected chi connectivity index (χ2v) is 6.20. The zero-order chi connectivity index (χ0) is 15.3. The molecule has 1 amide bonds. The molecule has 1 aromatic carbocycles. The minimum absolute atomic E-state index is 0.0352. The molecule has 1 aliphatic rings. The van der Waals surface area contributed by atoms with Crippen molar-refractivity contribution in [2.24, 2.45) is 5.41 Å². The van der Waals surface area contributed by atoms with Crippen molar-refractivity contribution in [1.29, 1.82) is 0 Å². The maximum Gasteiger partial charge on any atom is 0.231 e. The molecule has 1 fully saturated rings. The molecule has 0 bridgehead atoms. The van der Waals surface area contributed by atoms with Gasteiger partial charge in [-0.3, -0.25) is 4.79 Å². The van der Waals surface area contributed by atoms with Crippen LogP contribution in [0.3, 0.4) is 0 Å². The van der Waals surface area contributed by atoms with E-state index in [0.717, 1.165) is 25.8 Å². The molecule has 0 aromatic heterocycles. The van der Waals surface area contributed by atoms with E-state index in [2.05, 4.69) is 10.6 Å². The lowest BCUT2D eigenvalue weighted by molar-refractivity contribution is -0.125. The number of carbonyl (C=O) groups excluding carboxylic acids is 1. The molecule has 1 aliphatic heterocycles. The van der Waals surface area contributed by atoms with Crippen LogP contribution >= 0.6 is 11.6 Å². The van der Waals surface area contributed by atoms with Crippen molar-refractivity contribution in [2.75, 3.05) is 25.0 Å². The quantitative estimate of drug-likeness (QED) is 0.875. The molecule has 0 spiro atoms. The van der Waals surface area contributed by atoms with Crippen LogP contribution in [0.25, 0.3) is 0 Å². The number of rotatable bonds is 5. The molecule has 1 aromatic rings. The van der Waals surface area contributed by atoms with Crippen molar-refractivity contribution in [3.8, 4) is 5.75 Å².